The van der Waals surface area contributed by atoms with Gasteiger partial charge in [0.1, 0.15) is 0 Å². The molecule has 0 aliphatic carbocycles. The lowest BCUT2D eigenvalue weighted by Crippen LogP contribution is -2.52. The van der Waals surface area contributed by atoms with E-state index in [1.165, 1.54) is 0 Å². The number of carbonyl (C=O) groups excluding carboxylic acids is 3. The molecule has 0 bridgehead atoms. The van der Waals surface area contributed by atoms with Gasteiger partial charge in [0.15, 0.2) is 0 Å². The van der Waals surface area contributed by atoms with Crippen LogP contribution in [0.25, 0.3) is 0 Å². The van der Waals surface area contributed by atoms with Crippen molar-refractivity contribution in [3.8, 4) is 0 Å². The number of pyridine rings is 1. The second-order valence-electron chi connectivity index (χ2n) is 5.96. The van der Waals surface area contributed by atoms with E-state index in [9.17, 15) is 14.4 Å². The number of benzene rings is 1. The number of nitrogens with zero attached hydrogens (tertiary/aromatic N) is 3. The van der Waals surface area contributed by atoms with Crippen molar-refractivity contribution in [2.45, 2.75) is 0 Å². The van der Waals surface area contributed by atoms with Gasteiger partial charge < -0.3 is 15.1 Å². The number of carbonyl (C=O) groups is 3. The fraction of sp³-hybridized carbons (Fsp3) is 0.263. The van der Waals surface area contributed by atoms with Crippen LogP contribution in [0.3, 0.4) is 0 Å². The van der Waals surface area contributed by atoms with Gasteiger partial charge in [-0.25, -0.2) is 0 Å². The van der Waals surface area contributed by atoms with E-state index in [0.717, 1.165) is 0 Å². The highest BCUT2D eigenvalue weighted by atomic mass is 16.2. The predicted molar refractivity (Wildman–Crippen MR) is 95.5 cm³/mol. The molecule has 1 aliphatic rings. The maximum atomic E-state index is 12.4. The summed E-state index contributed by atoms with van der Waals surface area (Å²) in [7, 11) is 0. The third kappa shape index (κ3) is 4.24. The number of nitrogens with one attached hydrogen (secondary N) is 1. The zero-order valence-electron chi connectivity index (χ0n) is 14.3. The first kappa shape index (κ1) is 17.6. The minimum Gasteiger partial charge on any atom is -0.343 e. The van der Waals surface area contributed by atoms with Crippen molar-refractivity contribution in [1.29, 1.82) is 0 Å². The van der Waals surface area contributed by atoms with Gasteiger partial charge in [0.25, 0.3) is 11.8 Å². The Kier molecular flexibility index (Phi) is 5.58. The van der Waals surface area contributed by atoms with E-state index in [-0.39, 0.29) is 24.3 Å². The lowest BCUT2D eigenvalue weighted by molar-refractivity contribution is -0.131. The Bertz CT molecular complexity index is 772. The first-order chi connectivity index (χ1) is 12.6. The summed E-state index contributed by atoms with van der Waals surface area (Å²) in [6.45, 7) is 1.78. The average molecular weight is 352 g/mol. The van der Waals surface area contributed by atoms with E-state index >= 15 is 0 Å². The number of amides is 3. The molecule has 0 radical (unpaired) electrons. The van der Waals surface area contributed by atoms with Crippen molar-refractivity contribution in [3.05, 3.63) is 66.0 Å². The Labute approximate surface area is 151 Å². The Balaban J connectivity index is 1.46. The van der Waals surface area contributed by atoms with E-state index in [1.54, 1.807) is 58.6 Å². The third-order valence-electron chi connectivity index (χ3n) is 4.26. The van der Waals surface area contributed by atoms with Crippen molar-refractivity contribution >= 4 is 17.7 Å². The molecule has 3 amide bonds. The van der Waals surface area contributed by atoms with Crippen molar-refractivity contribution < 1.29 is 14.4 Å². The molecule has 0 spiro atoms. The largest absolute Gasteiger partial charge is 0.343 e. The maximum absolute atomic E-state index is 12.4. The van der Waals surface area contributed by atoms with Crippen LogP contribution in [0.4, 0.5) is 0 Å². The Hall–Kier alpha value is -3.22. The molecule has 134 valence electrons. The number of piperazine rings is 1. The summed E-state index contributed by atoms with van der Waals surface area (Å²) in [6, 6.07) is 12.2. The quantitative estimate of drug-likeness (QED) is 0.882. The van der Waals surface area contributed by atoms with Crippen LogP contribution in [0, 0.1) is 0 Å². The lowest BCUT2D eigenvalue weighted by atomic mass is 10.2. The van der Waals surface area contributed by atoms with Crippen molar-refractivity contribution in [1.82, 2.24) is 20.1 Å². The summed E-state index contributed by atoms with van der Waals surface area (Å²) >= 11 is 0. The molecule has 1 fully saturated rings. The van der Waals surface area contributed by atoms with E-state index in [0.29, 0.717) is 37.3 Å². The fourth-order valence-corrected chi connectivity index (χ4v) is 2.79. The van der Waals surface area contributed by atoms with E-state index in [1.807, 2.05) is 6.07 Å². The number of rotatable bonds is 4. The van der Waals surface area contributed by atoms with Crippen molar-refractivity contribution in [2.75, 3.05) is 32.7 Å². The number of hydrogen-bond acceptors (Lipinski definition) is 4. The molecule has 2 aromatic rings. The first-order valence-electron chi connectivity index (χ1n) is 8.45. The lowest BCUT2D eigenvalue weighted by Gasteiger charge is -2.34. The van der Waals surface area contributed by atoms with Gasteiger partial charge in [0.2, 0.25) is 5.91 Å². The molecule has 7 heteroatoms. The SMILES string of the molecule is O=C(NCC(=O)N1CCN(C(=O)c2cccnc2)CC1)c1ccccc1. The van der Waals surface area contributed by atoms with Gasteiger partial charge in [-0.2, -0.15) is 0 Å². The van der Waals surface area contributed by atoms with Gasteiger partial charge in [0, 0.05) is 44.1 Å². The normalized spacial score (nSPS) is 14.0. The molecule has 0 unspecified atom stereocenters. The van der Waals surface area contributed by atoms with Gasteiger partial charge in [-0.1, -0.05) is 18.2 Å². The molecule has 1 aromatic heterocycles. The van der Waals surface area contributed by atoms with Crippen LogP contribution < -0.4 is 5.32 Å². The summed E-state index contributed by atoms with van der Waals surface area (Å²) < 4.78 is 0. The highest BCUT2D eigenvalue weighted by Crippen LogP contribution is 2.08. The van der Waals surface area contributed by atoms with Crippen LogP contribution in [0.1, 0.15) is 20.7 Å². The summed E-state index contributed by atoms with van der Waals surface area (Å²) in [6.07, 6.45) is 3.16. The van der Waals surface area contributed by atoms with Crippen molar-refractivity contribution in [3.63, 3.8) is 0 Å². The molecule has 1 saturated heterocycles. The van der Waals surface area contributed by atoms with Crippen LogP contribution in [0.5, 0.6) is 0 Å². The topological polar surface area (TPSA) is 82.6 Å². The molecule has 7 nitrogen and oxygen atoms in total. The second-order valence-corrected chi connectivity index (χ2v) is 5.96. The monoisotopic (exact) mass is 352 g/mol. The van der Waals surface area contributed by atoms with Crippen LogP contribution in [0.2, 0.25) is 0 Å². The Morgan fingerprint density at radius 3 is 2.19 bits per heavy atom. The smallest absolute Gasteiger partial charge is 0.255 e. The molecule has 1 aromatic carbocycles. The van der Waals surface area contributed by atoms with Gasteiger partial charge >= 0.3 is 0 Å². The first-order valence-corrected chi connectivity index (χ1v) is 8.45. The van der Waals surface area contributed by atoms with Gasteiger partial charge in [-0.15, -0.1) is 0 Å². The molecule has 1 N–H and O–H groups in total. The zero-order chi connectivity index (χ0) is 18.4. The minimum absolute atomic E-state index is 0.0513. The number of aromatic nitrogens is 1. The van der Waals surface area contributed by atoms with Crippen LogP contribution in [0.15, 0.2) is 54.9 Å². The van der Waals surface area contributed by atoms with E-state index < -0.39 is 0 Å². The average Bonchev–Trinajstić information content (AvgIpc) is 2.72. The zero-order valence-corrected chi connectivity index (χ0v) is 14.3. The Morgan fingerprint density at radius 1 is 0.885 bits per heavy atom. The highest BCUT2D eigenvalue weighted by Gasteiger charge is 2.25. The van der Waals surface area contributed by atoms with Gasteiger partial charge in [-0.05, 0) is 24.3 Å². The molecule has 1 aliphatic heterocycles. The maximum Gasteiger partial charge on any atom is 0.255 e. The minimum atomic E-state index is -0.274. The highest BCUT2D eigenvalue weighted by molar-refractivity contribution is 5.96. The predicted octanol–water partition coefficient (Wildman–Crippen LogP) is 0.796. The second kappa shape index (κ2) is 8.24. The molecular weight excluding hydrogens is 332 g/mol. The molecule has 26 heavy (non-hydrogen) atoms. The Morgan fingerprint density at radius 2 is 1.54 bits per heavy atom. The van der Waals surface area contributed by atoms with Crippen LogP contribution in [-0.2, 0) is 4.79 Å². The van der Waals surface area contributed by atoms with Crippen LogP contribution >= 0.6 is 0 Å². The van der Waals surface area contributed by atoms with E-state index in [4.69, 9.17) is 0 Å². The van der Waals surface area contributed by atoms with Crippen molar-refractivity contribution in [2.24, 2.45) is 0 Å². The van der Waals surface area contributed by atoms with E-state index in [2.05, 4.69) is 10.3 Å². The molecule has 3 rings (SSSR count). The van der Waals surface area contributed by atoms with Gasteiger partial charge in [-0.3, -0.25) is 19.4 Å². The fourth-order valence-electron chi connectivity index (χ4n) is 2.79. The molecular formula is C19H20N4O3. The van der Waals surface area contributed by atoms with Crippen LogP contribution in [-0.4, -0.2) is 65.2 Å². The summed E-state index contributed by atoms with van der Waals surface area (Å²) in [4.78, 5) is 44.0. The molecule has 0 atom stereocenters. The summed E-state index contributed by atoms with van der Waals surface area (Å²) in [5.74, 6) is -0.505. The molecule has 2 heterocycles. The summed E-state index contributed by atoms with van der Waals surface area (Å²) in [5, 5.41) is 2.64. The number of hydrogen-bond donors (Lipinski definition) is 1. The standard InChI is InChI=1S/C19H20N4O3/c24-17(14-21-18(25)15-5-2-1-3-6-15)22-9-11-23(12-10-22)19(26)16-7-4-8-20-13-16/h1-8,13H,9-12,14H2,(H,21,25). The van der Waals surface area contributed by atoms with Gasteiger partial charge in [0.05, 0.1) is 12.1 Å². The molecule has 0 saturated carbocycles. The summed E-state index contributed by atoms with van der Waals surface area (Å²) in [5.41, 5.74) is 1.06. The third-order valence-corrected chi connectivity index (χ3v) is 4.26.